The molecule has 13 heavy (non-hydrogen) atoms. The summed E-state index contributed by atoms with van der Waals surface area (Å²) in [5.74, 6) is -0.130. The third kappa shape index (κ3) is 3.92. The minimum atomic E-state index is -0.419. The van der Waals surface area contributed by atoms with Crippen molar-refractivity contribution in [1.82, 2.24) is 10.6 Å². The van der Waals surface area contributed by atoms with Crippen molar-refractivity contribution in [2.24, 2.45) is 5.92 Å². The van der Waals surface area contributed by atoms with E-state index in [0.717, 1.165) is 0 Å². The summed E-state index contributed by atoms with van der Waals surface area (Å²) in [7, 11) is 1.57. The van der Waals surface area contributed by atoms with Crippen molar-refractivity contribution in [3.63, 3.8) is 0 Å². The van der Waals surface area contributed by atoms with E-state index in [1.807, 2.05) is 13.8 Å². The van der Waals surface area contributed by atoms with Crippen LogP contribution in [-0.4, -0.2) is 24.9 Å². The number of amides is 2. The molecular weight excluding hydrogens is 168 g/mol. The van der Waals surface area contributed by atoms with Gasteiger partial charge in [-0.1, -0.05) is 20.8 Å². The molecule has 2 amide bonds. The van der Waals surface area contributed by atoms with Crippen LogP contribution >= 0.6 is 0 Å². The second kappa shape index (κ2) is 5.56. The van der Waals surface area contributed by atoms with Crippen molar-refractivity contribution in [2.75, 3.05) is 7.05 Å². The van der Waals surface area contributed by atoms with Crippen LogP contribution in [0.5, 0.6) is 0 Å². The number of hydrogen-bond acceptors (Lipinski definition) is 2. The van der Waals surface area contributed by atoms with Crippen LogP contribution in [0.2, 0.25) is 0 Å². The number of hydrogen-bond donors (Lipinski definition) is 2. The van der Waals surface area contributed by atoms with Gasteiger partial charge < -0.3 is 10.6 Å². The van der Waals surface area contributed by atoms with E-state index in [0.29, 0.717) is 6.42 Å². The van der Waals surface area contributed by atoms with Gasteiger partial charge in [0, 0.05) is 13.5 Å². The number of carbonyl (C=O) groups excluding carboxylic acids is 2. The monoisotopic (exact) mass is 186 g/mol. The van der Waals surface area contributed by atoms with E-state index < -0.39 is 6.04 Å². The molecule has 0 fully saturated rings. The zero-order valence-electron chi connectivity index (χ0n) is 8.68. The molecule has 0 saturated carbocycles. The molecule has 0 aromatic carbocycles. The molecule has 1 unspecified atom stereocenters. The van der Waals surface area contributed by atoms with Gasteiger partial charge in [0.25, 0.3) is 0 Å². The molecule has 0 rings (SSSR count). The average molecular weight is 186 g/mol. The molecule has 0 aliphatic carbocycles. The molecule has 0 aromatic heterocycles. The number of likely N-dealkylation sites (N-methyl/N-ethyl adjacent to an activating group) is 1. The van der Waals surface area contributed by atoms with Gasteiger partial charge in [0.15, 0.2) is 0 Å². The van der Waals surface area contributed by atoms with Crippen LogP contribution in [0.15, 0.2) is 0 Å². The second-order valence-electron chi connectivity index (χ2n) is 3.26. The van der Waals surface area contributed by atoms with Crippen LogP contribution in [0.4, 0.5) is 0 Å². The highest BCUT2D eigenvalue weighted by Gasteiger charge is 2.21. The fourth-order valence-corrected chi connectivity index (χ4v) is 0.966. The van der Waals surface area contributed by atoms with Gasteiger partial charge in [-0.3, -0.25) is 9.59 Å². The summed E-state index contributed by atoms with van der Waals surface area (Å²) in [5.41, 5.74) is 0. The molecule has 2 N–H and O–H groups in total. The van der Waals surface area contributed by atoms with E-state index in [1.54, 1.807) is 14.0 Å². The molecule has 4 nitrogen and oxygen atoms in total. The first-order valence-electron chi connectivity index (χ1n) is 4.53. The Morgan fingerprint density at radius 3 is 2.15 bits per heavy atom. The zero-order chi connectivity index (χ0) is 10.4. The summed E-state index contributed by atoms with van der Waals surface area (Å²) in [6.45, 7) is 5.56. The summed E-state index contributed by atoms with van der Waals surface area (Å²) in [6, 6.07) is -0.419. The van der Waals surface area contributed by atoms with E-state index in [2.05, 4.69) is 10.6 Å². The first-order chi connectivity index (χ1) is 6.02. The summed E-state index contributed by atoms with van der Waals surface area (Å²) < 4.78 is 0. The lowest BCUT2D eigenvalue weighted by Gasteiger charge is -2.20. The Balaban J connectivity index is 4.26. The first kappa shape index (κ1) is 11.9. The molecule has 0 aliphatic rings. The summed E-state index contributed by atoms with van der Waals surface area (Å²) in [4.78, 5) is 22.3. The van der Waals surface area contributed by atoms with Gasteiger partial charge in [-0.15, -0.1) is 0 Å². The topological polar surface area (TPSA) is 58.2 Å². The highest BCUT2D eigenvalue weighted by Crippen LogP contribution is 2.01. The lowest BCUT2D eigenvalue weighted by atomic mass is 10.0. The van der Waals surface area contributed by atoms with Gasteiger partial charge in [0.1, 0.15) is 6.04 Å². The minimum absolute atomic E-state index is 0.0951. The minimum Gasteiger partial charge on any atom is -0.357 e. The van der Waals surface area contributed by atoms with Crippen LogP contribution in [0, 0.1) is 5.92 Å². The molecule has 0 heterocycles. The quantitative estimate of drug-likeness (QED) is 0.662. The third-order valence-corrected chi connectivity index (χ3v) is 1.83. The van der Waals surface area contributed by atoms with Crippen molar-refractivity contribution in [2.45, 2.75) is 33.2 Å². The Hall–Kier alpha value is -1.06. The maximum atomic E-state index is 11.3. The SMILES string of the molecule is CCC(=O)NC(C(=O)NC)C(C)C. The van der Waals surface area contributed by atoms with Gasteiger partial charge in [0.05, 0.1) is 0 Å². The first-order valence-corrected chi connectivity index (χ1v) is 4.53. The van der Waals surface area contributed by atoms with Crippen molar-refractivity contribution in [1.29, 1.82) is 0 Å². The standard InChI is InChI=1S/C9H18N2O2/c1-5-7(12)11-8(6(2)3)9(13)10-4/h6,8H,5H2,1-4H3,(H,10,13)(H,11,12). The van der Waals surface area contributed by atoms with Gasteiger partial charge in [0.2, 0.25) is 11.8 Å². The summed E-state index contributed by atoms with van der Waals surface area (Å²) >= 11 is 0. The second-order valence-corrected chi connectivity index (χ2v) is 3.26. The molecule has 0 spiro atoms. The predicted octanol–water partition coefficient (Wildman–Crippen LogP) is 0.283. The largest absolute Gasteiger partial charge is 0.357 e. The van der Waals surface area contributed by atoms with Crippen LogP contribution in [0.3, 0.4) is 0 Å². The lowest BCUT2D eigenvalue weighted by Crippen LogP contribution is -2.48. The van der Waals surface area contributed by atoms with Crippen LogP contribution < -0.4 is 10.6 Å². The maximum Gasteiger partial charge on any atom is 0.242 e. The molecule has 0 aromatic rings. The summed E-state index contributed by atoms with van der Waals surface area (Å²) in [5, 5.41) is 5.19. The number of carbonyl (C=O) groups is 2. The van der Waals surface area contributed by atoms with Gasteiger partial charge in [-0.25, -0.2) is 0 Å². The Kier molecular flexibility index (Phi) is 5.11. The van der Waals surface area contributed by atoms with Crippen molar-refractivity contribution >= 4 is 11.8 Å². The lowest BCUT2D eigenvalue weighted by molar-refractivity contribution is -0.129. The van der Waals surface area contributed by atoms with Crippen molar-refractivity contribution in [3.05, 3.63) is 0 Å². The molecule has 0 bridgehead atoms. The third-order valence-electron chi connectivity index (χ3n) is 1.83. The maximum absolute atomic E-state index is 11.3. The van der Waals surface area contributed by atoms with E-state index >= 15 is 0 Å². The molecule has 76 valence electrons. The molecule has 0 saturated heterocycles. The predicted molar refractivity (Wildman–Crippen MR) is 51.1 cm³/mol. The van der Waals surface area contributed by atoms with Gasteiger partial charge >= 0.3 is 0 Å². The average Bonchev–Trinajstić information content (AvgIpc) is 2.11. The van der Waals surface area contributed by atoms with E-state index in [1.165, 1.54) is 0 Å². The Morgan fingerprint density at radius 1 is 1.31 bits per heavy atom. The Bertz CT molecular complexity index is 190. The van der Waals surface area contributed by atoms with Crippen molar-refractivity contribution in [3.8, 4) is 0 Å². The smallest absolute Gasteiger partial charge is 0.242 e. The van der Waals surface area contributed by atoms with E-state index in [4.69, 9.17) is 0 Å². The van der Waals surface area contributed by atoms with E-state index in [-0.39, 0.29) is 17.7 Å². The molecular formula is C9H18N2O2. The van der Waals surface area contributed by atoms with Crippen LogP contribution in [0.25, 0.3) is 0 Å². The fraction of sp³-hybridized carbons (Fsp3) is 0.778. The summed E-state index contributed by atoms with van der Waals surface area (Å²) in [6.07, 6.45) is 0.403. The molecule has 0 aliphatic heterocycles. The van der Waals surface area contributed by atoms with Crippen molar-refractivity contribution < 1.29 is 9.59 Å². The van der Waals surface area contributed by atoms with E-state index in [9.17, 15) is 9.59 Å². The normalized spacial score (nSPS) is 12.4. The highest BCUT2D eigenvalue weighted by atomic mass is 16.2. The number of nitrogens with one attached hydrogen (secondary N) is 2. The Morgan fingerprint density at radius 2 is 1.85 bits per heavy atom. The Labute approximate surface area is 79.1 Å². The number of rotatable bonds is 4. The van der Waals surface area contributed by atoms with Gasteiger partial charge in [-0.2, -0.15) is 0 Å². The highest BCUT2D eigenvalue weighted by molar-refractivity contribution is 5.87. The fourth-order valence-electron chi connectivity index (χ4n) is 0.966. The van der Waals surface area contributed by atoms with Crippen LogP contribution in [0.1, 0.15) is 27.2 Å². The molecule has 4 heteroatoms. The molecule has 1 atom stereocenters. The van der Waals surface area contributed by atoms with Gasteiger partial charge in [-0.05, 0) is 5.92 Å². The molecule has 0 radical (unpaired) electrons. The zero-order valence-corrected chi connectivity index (χ0v) is 8.68. The van der Waals surface area contributed by atoms with Crippen LogP contribution in [-0.2, 0) is 9.59 Å².